The van der Waals surface area contributed by atoms with E-state index in [1.54, 1.807) is 6.92 Å². The third kappa shape index (κ3) is 2.85. The molecule has 0 saturated carbocycles. The Morgan fingerprint density at radius 3 is 2.67 bits per heavy atom. The number of benzene rings is 2. The molecule has 0 radical (unpaired) electrons. The Kier molecular flexibility index (Phi) is 4.05. The largest absolute Gasteiger partial charge is 0.389 e. The smallest absolute Gasteiger partial charge is 0.0762 e. The van der Waals surface area contributed by atoms with Gasteiger partial charge in [-0.15, -0.1) is 0 Å². The van der Waals surface area contributed by atoms with Gasteiger partial charge in [0.25, 0.3) is 0 Å². The number of aliphatic hydroxyl groups excluding tert-OH is 1. The molecule has 2 aromatic rings. The van der Waals surface area contributed by atoms with E-state index in [1.807, 2.05) is 12.1 Å². The molecular weight excluding hydrogens is 326 g/mol. The zero-order valence-corrected chi connectivity index (χ0v) is 14.0. The van der Waals surface area contributed by atoms with Crippen LogP contribution in [0.1, 0.15) is 31.1 Å². The van der Waals surface area contributed by atoms with Crippen LogP contribution < -0.4 is 4.90 Å². The standard InChI is InChI=1S/C18H20BrNO/c1-12-9-15-5-3-4-6-17(15)20(11-12)18-8-7-14(13(2)21)10-16(18)19/h3-8,10,12-13,21H,9,11H2,1-2H3. The minimum absolute atomic E-state index is 0.442. The Labute approximate surface area is 134 Å². The number of aliphatic hydroxyl groups is 1. The Bertz CT molecular complexity index is 653. The lowest BCUT2D eigenvalue weighted by Gasteiger charge is -2.35. The molecule has 0 amide bonds. The number of nitrogens with zero attached hydrogens (tertiary/aromatic N) is 1. The van der Waals surface area contributed by atoms with Gasteiger partial charge in [0.1, 0.15) is 0 Å². The fourth-order valence-corrected chi connectivity index (χ4v) is 3.64. The highest BCUT2D eigenvalue weighted by Crippen LogP contribution is 2.39. The molecule has 0 saturated heterocycles. The van der Waals surface area contributed by atoms with Gasteiger partial charge in [-0.3, -0.25) is 0 Å². The molecule has 110 valence electrons. The molecule has 0 fully saturated rings. The second kappa shape index (κ2) is 5.82. The minimum atomic E-state index is -0.442. The molecule has 21 heavy (non-hydrogen) atoms. The van der Waals surface area contributed by atoms with Gasteiger partial charge in [0.15, 0.2) is 0 Å². The van der Waals surface area contributed by atoms with Crippen molar-refractivity contribution in [3.05, 3.63) is 58.1 Å². The predicted octanol–water partition coefficient (Wildman–Crippen LogP) is 4.83. The van der Waals surface area contributed by atoms with Gasteiger partial charge in [-0.05, 0) is 64.5 Å². The molecule has 0 aromatic heterocycles. The van der Waals surface area contributed by atoms with E-state index in [1.165, 1.54) is 16.9 Å². The fraction of sp³-hybridized carbons (Fsp3) is 0.333. The van der Waals surface area contributed by atoms with Gasteiger partial charge in [-0.25, -0.2) is 0 Å². The number of fused-ring (bicyclic) bond motifs is 1. The summed E-state index contributed by atoms with van der Waals surface area (Å²) in [6, 6.07) is 14.7. The highest BCUT2D eigenvalue weighted by molar-refractivity contribution is 9.10. The minimum Gasteiger partial charge on any atom is -0.389 e. The molecule has 2 unspecified atom stereocenters. The van der Waals surface area contributed by atoms with Crippen LogP contribution >= 0.6 is 15.9 Å². The maximum Gasteiger partial charge on any atom is 0.0762 e. The zero-order chi connectivity index (χ0) is 15.0. The van der Waals surface area contributed by atoms with Crippen molar-refractivity contribution >= 4 is 27.3 Å². The summed E-state index contributed by atoms with van der Waals surface area (Å²) in [6.07, 6.45) is 0.693. The predicted molar refractivity (Wildman–Crippen MR) is 91.1 cm³/mol. The zero-order valence-electron chi connectivity index (χ0n) is 12.4. The summed E-state index contributed by atoms with van der Waals surface area (Å²) in [5.74, 6) is 0.628. The lowest BCUT2D eigenvalue weighted by molar-refractivity contribution is 0.199. The van der Waals surface area contributed by atoms with E-state index in [-0.39, 0.29) is 0 Å². The van der Waals surface area contributed by atoms with E-state index in [9.17, 15) is 5.11 Å². The van der Waals surface area contributed by atoms with Crippen LogP contribution in [0.4, 0.5) is 11.4 Å². The number of rotatable bonds is 2. The first-order chi connectivity index (χ1) is 10.1. The van der Waals surface area contributed by atoms with Crippen LogP contribution in [0.5, 0.6) is 0 Å². The molecular formula is C18H20BrNO. The second-order valence-corrected chi connectivity index (χ2v) is 6.79. The van der Waals surface area contributed by atoms with Gasteiger partial charge in [0, 0.05) is 16.7 Å². The van der Waals surface area contributed by atoms with Crippen molar-refractivity contribution < 1.29 is 5.11 Å². The first-order valence-electron chi connectivity index (χ1n) is 7.39. The Morgan fingerprint density at radius 1 is 1.19 bits per heavy atom. The molecule has 1 N–H and O–H groups in total. The molecule has 1 heterocycles. The van der Waals surface area contributed by atoms with Crippen molar-refractivity contribution in [2.75, 3.05) is 11.4 Å². The van der Waals surface area contributed by atoms with Crippen LogP contribution in [0.15, 0.2) is 46.9 Å². The number of para-hydroxylation sites is 1. The van der Waals surface area contributed by atoms with Gasteiger partial charge >= 0.3 is 0 Å². The molecule has 1 aliphatic heterocycles. The van der Waals surface area contributed by atoms with Crippen LogP contribution in [-0.4, -0.2) is 11.7 Å². The van der Waals surface area contributed by atoms with Crippen molar-refractivity contribution in [2.45, 2.75) is 26.4 Å². The maximum absolute atomic E-state index is 9.71. The van der Waals surface area contributed by atoms with E-state index in [0.717, 1.165) is 23.0 Å². The summed E-state index contributed by atoms with van der Waals surface area (Å²) >= 11 is 3.67. The quantitative estimate of drug-likeness (QED) is 0.842. The van der Waals surface area contributed by atoms with Crippen molar-refractivity contribution in [3.8, 4) is 0 Å². The molecule has 3 heteroatoms. The Hall–Kier alpha value is -1.32. The third-order valence-corrected chi connectivity index (χ3v) is 4.73. The number of halogens is 1. The summed E-state index contributed by atoms with van der Waals surface area (Å²) in [5, 5.41) is 9.71. The first-order valence-corrected chi connectivity index (χ1v) is 8.18. The van der Waals surface area contributed by atoms with Gasteiger partial charge in [0.2, 0.25) is 0 Å². The average Bonchev–Trinajstić information content (AvgIpc) is 2.46. The van der Waals surface area contributed by atoms with E-state index in [0.29, 0.717) is 5.92 Å². The molecule has 0 spiro atoms. The van der Waals surface area contributed by atoms with Crippen LogP contribution in [0.25, 0.3) is 0 Å². The van der Waals surface area contributed by atoms with Crippen molar-refractivity contribution in [1.82, 2.24) is 0 Å². The molecule has 2 aromatic carbocycles. The van der Waals surface area contributed by atoms with E-state index >= 15 is 0 Å². The van der Waals surface area contributed by atoms with Gasteiger partial charge in [-0.1, -0.05) is 31.2 Å². The number of hydrogen-bond acceptors (Lipinski definition) is 2. The van der Waals surface area contributed by atoms with Gasteiger partial charge in [0.05, 0.1) is 11.8 Å². The summed E-state index contributed by atoms with van der Waals surface area (Å²) < 4.78 is 1.03. The number of hydrogen-bond donors (Lipinski definition) is 1. The fourth-order valence-electron chi connectivity index (χ4n) is 3.03. The molecule has 2 atom stereocenters. The van der Waals surface area contributed by atoms with Crippen LogP contribution in [0, 0.1) is 5.92 Å². The second-order valence-electron chi connectivity index (χ2n) is 5.94. The highest BCUT2D eigenvalue weighted by Gasteiger charge is 2.24. The lowest BCUT2D eigenvalue weighted by atomic mass is 9.93. The lowest BCUT2D eigenvalue weighted by Crippen LogP contribution is -2.30. The SMILES string of the molecule is CC1Cc2ccccc2N(c2ccc(C(C)O)cc2Br)C1. The van der Waals surface area contributed by atoms with Crippen molar-refractivity contribution in [2.24, 2.45) is 5.92 Å². The average molecular weight is 346 g/mol. The topological polar surface area (TPSA) is 23.5 Å². The molecule has 1 aliphatic rings. The first kappa shape index (κ1) is 14.6. The number of anilines is 2. The monoisotopic (exact) mass is 345 g/mol. The molecule has 2 nitrogen and oxygen atoms in total. The molecule has 0 aliphatic carbocycles. The van der Waals surface area contributed by atoms with Gasteiger partial charge < -0.3 is 10.0 Å². The summed E-state index contributed by atoms with van der Waals surface area (Å²) in [7, 11) is 0. The molecule has 0 bridgehead atoms. The van der Waals surface area contributed by atoms with Gasteiger partial charge in [-0.2, -0.15) is 0 Å². The van der Waals surface area contributed by atoms with Crippen LogP contribution in [0.2, 0.25) is 0 Å². The third-order valence-electron chi connectivity index (χ3n) is 4.09. The van der Waals surface area contributed by atoms with Crippen LogP contribution in [0.3, 0.4) is 0 Å². The maximum atomic E-state index is 9.71. The Morgan fingerprint density at radius 2 is 1.95 bits per heavy atom. The van der Waals surface area contributed by atoms with Crippen molar-refractivity contribution in [3.63, 3.8) is 0 Å². The summed E-state index contributed by atoms with van der Waals surface area (Å²) in [4.78, 5) is 2.37. The van der Waals surface area contributed by atoms with Crippen LogP contribution in [-0.2, 0) is 6.42 Å². The summed E-state index contributed by atoms with van der Waals surface area (Å²) in [6.45, 7) is 5.10. The van der Waals surface area contributed by atoms with E-state index < -0.39 is 6.10 Å². The highest BCUT2D eigenvalue weighted by atomic mass is 79.9. The van der Waals surface area contributed by atoms with E-state index in [4.69, 9.17) is 0 Å². The van der Waals surface area contributed by atoms with E-state index in [2.05, 4.69) is 58.1 Å². The molecule has 3 rings (SSSR count). The summed E-state index contributed by atoms with van der Waals surface area (Å²) in [5.41, 5.74) is 4.80. The Balaban J connectivity index is 2.04. The van der Waals surface area contributed by atoms with Crippen molar-refractivity contribution in [1.29, 1.82) is 0 Å². The normalized spacial score (nSPS) is 19.2.